The van der Waals surface area contributed by atoms with E-state index in [1.165, 1.54) is 32.6 Å². The van der Waals surface area contributed by atoms with Gasteiger partial charge in [0.2, 0.25) is 0 Å². The van der Waals surface area contributed by atoms with Gasteiger partial charge in [0.25, 0.3) is 0 Å². The lowest BCUT2D eigenvalue weighted by atomic mass is 10.0. The third kappa shape index (κ3) is 3.26. The van der Waals surface area contributed by atoms with Gasteiger partial charge in [-0.2, -0.15) is 0 Å². The summed E-state index contributed by atoms with van der Waals surface area (Å²) < 4.78 is 7.02. The molecule has 0 radical (unpaired) electrons. The van der Waals surface area contributed by atoms with Crippen LogP contribution >= 0.6 is 0 Å². The van der Waals surface area contributed by atoms with Gasteiger partial charge in [0, 0.05) is 56.1 Å². The Labute approximate surface area is 267 Å². The molecule has 0 fully saturated rings. The Morgan fingerprint density at radius 2 is 1.06 bits per heavy atom. The van der Waals surface area contributed by atoms with Crippen LogP contribution in [0.3, 0.4) is 0 Å². The Hall–Kier alpha value is -6.53. The molecule has 0 saturated carbocycles. The van der Waals surface area contributed by atoms with Crippen LogP contribution in [-0.2, 0) is 0 Å². The highest BCUT2D eigenvalue weighted by Crippen LogP contribution is 2.42. The first-order valence-corrected chi connectivity index (χ1v) is 15.8. The molecule has 0 unspecified atom stereocenters. The van der Waals surface area contributed by atoms with Crippen molar-refractivity contribution in [1.29, 1.82) is 0 Å². The van der Waals surface area contributed by atoms with Crippen LogP contribution in [0, 0.1) is 0 Å². The largest absolute Gasteiger partial charge is 0.309 e. The standard InChI is InChI=1S/C41H24N6/c1-3-10-25(11-4-1)45-34-15-8-7-14-27(34)28-20-29-30-21-32-31(22-37(30)46(39(29)23-38(28)45)26-12-5-2-6-13-26)40-36(16-9-18-43-40)47-35-17-19-42-24-33(35)44-41(32)47/h1-24H. The second-order valence-electron chi connectivity index (χ2n) is 12.2. The molecular formula is C41H24N6. The van der Waals surface area contributed by atoms with Gasteiger partial charge in [0.15, 0.2) is 0 Å². The molecule has 0 amide bonds. The second-order valence-corrected chi connectivity index (χ2v) is 12.2. The van der Waals surface area contributed by atoms with Crippen LogP contribution in [0.2, 0.25) is 0 Å². The molecule has 0 saturated heterocycles. The molecule has 0 N–H and O–H groups in total. The van der Waals surface area contributed by atoms with E-state index in [0.29, 0.717) is 0 Å². The summed E-state index contributed by atoms with van der Waals surface area (Å²) in [6.45, 7) is 0. The zero-order chi connectivity index (χ0) is 30.6. The predicted octanol–water partition coefficient (Wildman–Crippen LogP) is 9.78. The van der Waals surface area contributed by atoms with E-state index in [9.17, 15) is 0 Å². The SMILES string of the molecule is c1ccc(-n2c3ccccc3c3cc4c5cc6c(cc5n(-c5ccccc5)c4cc32)c2ncccc2n2c3ccncc3nc62)cc1. The first-order chi connectivity index (χ1) is 23.3. The summed E-state index contributed by atoms with van der Waals surface area (Å²) >= 11 is 0. The van der Waals surface area contributed by atoms with Crippen molar-refractivity contribution in [3.05, 3.63) is 146 Å². The van der Waals surface area contributed by atoms with E-state index >= 15 is 0 Å². The maximum atomic E-state index is 5.14. The quantitative estimate of drug-likeness (QED) is 0.186. The summed E-state index contributed by atoms with van der Waals surface area (Å²) in [5, 5.41) is 6.99. The molecule has 0 atom stereocenters. The van der Waals surface area contributed by atoms with Crippen molar-refractivity contribution in [2.24, 2.45) is 0 Å². The van der Waals surface area contributed by atoms with E-state index < -0.39 is 0 Å². The highest BCUT2D eigenvalue weighted by Gasteiger charge is 2.21. The van der Waals surface area contributed by atoms with Crippen LogP contribution in [0.1, 0.15) is 0 Å². The average molecular weight is 601 g/mol. The van der Waals surface area contributed by atoms with Crippen molar-refractivity contribution in [1.82, 2.24) is 28.5 Å². The van der Waals surface area contributed by atoms with Gasteiger partial charge in [-0.3, -0.25) is 14.4 Å². The smallest absolute Gasteiger partial charge is 0.146 e. The molecule has 47 heavy (non-hydrogen) atoms. The maximum absolute atomic E-state index is 5.14. The van der Waals surface area contributed by atoms with E-state index in [0.717, 1.165) is 60.9 Å². The van der Waals surface area contributed by atoms with Crippen molar-refractivity contribution in [3.63, 3.8) is 0 Å². The molecule has 6 nitrogen and oxygen atoms in total. The zero-order valence-corrected chi connectivity index (χ0v) is 25.0. The van der Waals surface area contributed by atoms with Crippen LogP contribution in [0.25, 0.3) is 93.5 Å². The number of para-hydroxylation sites is 3. The Balaban J connectivity index is 1.38. The Kier molecular flexibility index (Phi) is 4.75. The molecule has 0 aliphatic carbocycles. The fourth-order valence-electron chi connectivity index (χ4n) is 7.76. The molecule has 0 spiro atoms. The minimum atomic E-state index is 0.868. The van der Waals surface area contributed by atoms with Gasteiger partial charge in [-0.1, -0.05) is 54.6 Å². The topological polar surface area (TPSA) is 52.9 Å². The summed E-state index contributed by atoms with van der Waals surface area (Å²) in [7, 11) is 0. The summed E-state index contributed by atoms with van der Waals surface area (Å²) in [6.07, 6.45) is 5.55. The van der Waals surface area contributed by atoms with Crippen molar-refractivity contribution >= 4 is 82.1 Å². The molecule has 218 valence electrons. The van der Waals surface area contributed by atoms with Crippen molar-refractivity contribution in [2.75, 3.05) is 0 Å². The normalized spacial score (nSPS) is 12.3. The molecular weight excluding hydrogens is 576 g/mol. The average Bonchev–Trinajstić information content (AvgIpc) is 3.78. The van der Waals surface area contributed by atoms with E-state index in [1.807, 2.05) is 30.7 Å². The zero-order valence-electron chi connectivity index (χ0n) is 25.0. The maximum Gasteiger partial charge on any atom is 0.146 e. The van der Waals surface area contributed by atoms with E-state index in [-0.39, 0.29) is 0 Å². The third-order valence-electron chi connectivity index (χ3n) is 9.71. The molecule has 11 rings (SSSR count). The molecule has 11 aromatic rings. The number of pyridine rings is 3. The number of imidazole rings is 1. The highest BCUT2D eigenvalue weighted by molar-refractivity contribution is 6.24. The number of benzene rings is 5. The first-order valence-electron chi connectivity index (χ1n) is 15.8. The van der Waals surface area contributed by atoms with Gasteiger partial charge < -0.3 is 9.13 Å². The van der Waals surface area contributed by atoms with E-state index in [2.05, 4.69) is 134 Å². The van der Waals surface area contributed by atoms with Crippen LogP contribution < -0.4 is 0 Å². The van der Waals surface area contributed by atoms with Crippen LogP contribution in [0.5, 0.6) is 0 Å². The van der Waals surface area contributed by atoms with E-state index in [1.54, 1.807) is 0 Å². The van der Waals surface area contributed by atoms with Gasteiger partial charge in [-0.05, 0) is 72.8 Å². The number of nitrogens with zero attached hydrogens (tertiary/aromatic N) is 6. The first kappa shape index (κ1) is 24.8. The summed E-state index contributed by atoms with van der Waals surface area (Å²) in [5.41, 5.74) is 11.7. The Morgan fingerprint density at radius 1 is 0.426 bits per heavy atom. The molecule has 0 aliphatic heterocycles. The highest BCUT2D eigenvalue weighted by atomic mass is 15.0. The monoisotopic (exact) mass is 600 g/mol. The molecule has 6 heteroatoms. The van der Waals surface area contributed by atoms with Crippen LogP contribution in [0.15, 0.2) is 146 Å². The van der Waals surface area contributed by atoms with Crippen molar-refractivity contribution in [2.45, 2.75) is 0 Å². The third-order valence-corrected chi connectivity index (χ3v) is 9.71. The summed E-state index contributed by atoms with van der Waals surface area (Å²) in [4.78, 5) is 14.5. The summed E-state index contributed by atoms with van der Waals surface area (Å²) in [5.74, 6) is 0. The second kappa shape index (κ2) is 9.02. The lowest BCUT2D eigenvalue weighted by molar-refractivity contribution is 1.17. The number of hydrogen-bond donors (Lipinski definition) is 0. The minimum absolute atomic E-state index is 0.868. The molecule has 5 aromatic carbocycles. The lowest BCUT2D eigenvalue weighted by Crippen LogP contribution is -1.96. The van der Waals surface area contributed by atoms with Gasteiger partial charge in [0.05, 0.1) is 44.8 Å². The number of rotatable bonds is 2. The van der Waals surface area contributed by atoms with E-state index in [4.69, 9.17) is 9.97 Å². The van der Waals surface area contributed by atoms with Crippen molar-refractivity contribution < 1.29 is 0 Å². The van der Waals surface area contributed by atoms with Gasteiger partial charge >= 0.3 is 0 Å². The number of aromatic nitrogens is 6. The summed E-state index contributed by atoms with van der Waals surface area (Å²) in [6, 6.07) is 45.6. The van der Waals surface area contributed by atoms with Crippen molar-refractivity contribution in [3.8, 4) is 11.4 Å². The predicted molar refractivity (Wildman–Crippen MR) is 192 cm³/mol. The lowest BCUT2D eigenvalue weighted by Gasteiger charge is -2.11. The molecule has 6 aromatic heterocycles. The Morgan fingerprint density at radius 3 is 1.85 bits per heavy atom. The van der Waals surface area contributed by atoms with Crippen LogP contribution in [0.4, 0.5) is 0 Å². The fourth-order valence-corrected chi connectivity index (χ4v) is 7.76. The molecule has 0 bridgehead atoms. The number of hydrogen-bond acceptors (Lipinski definition) is 3. The molecule has 0 aliphatic rings. The number of fused-ring (bicyclic) bond motifs is 14. The van der Waals surface area contributed by atoms with Crippen LogP contribution in [-0.4, -0.2) is 28.5 Å². The van der Waals surface area contributed by atoms with Gasteiger partial charge in [-0.25, -0.2) is 4.98 Å². The minimum Gasteiger partial charge on any atom is -0.309 e. The fraction of sp³-hybridized carbons (Fsp3) is 0. The Bertz CT molecular complexity index is 3060. The van der Waals surface area contributed by atoms with Gasteiger partial charge in [0.1, 0.15) is 11.2 Å². The van der Waals surface area contributed by atoms with Gasteiger partial charge in [-0.15, -0.1) is 0 Å². The molecule has 6 heterocycles.